The molecule has 22 heavy (non-hydrogen) atoms. The Morgan fingerprint density at radius 3 is 2.36 bits per heavy atom. The molecule has 4 atom stereocenters. The van der Waals surface area contributed by atoms with E-state index in [-0.39, 0.29) is 11.9 Å². The highest BCUT2D eigenvalue weighted by molar-refractivity contribution is 6.00. The van der Waals surface area contributed by atoms with Crippen molar-refractivity contribution < 1.29 is 9.47 Å². The fourth-order valence-corrected chi connectivity index (χ4v) is 5.41. The lowest BCUT2D eigenvalue weighted by Crippen LogP contribution is -2.42. The van der Waals surface area contributed by atoms with Crippen LogP contribution in [0, 0.1) is 38.9 Å². The van der Waals surface area contributed by atoms with Crippen molar-refractivity contribution in [3.05, 3.63) is 0 Å². The molecule has 2 heterocycles. The van der Waals surface area contributed by atoms with Gasteiger partial charge in [-0.05, 0) is 19.8 Å². The van der Waals surface area contributed by atoms with Crippen molar-refractivity contribution in [2.45, 2.75) is 57.5 Å². The second-order valence-electron chi connectivity index (χ2n) is 7.04. The van der Waals surface area contributed by atoms with E-state index < -0.39 is 22.2 Å². The zero-order valence-electron chi connectivity index (χ0n) is 12.8. The summed E-state index contributed by atoms with van der Waals surface area (Å²) in [4.78, 5) is 4.37. The molecule has 0 radical (unpaired) electrons. The minimum absolute atomic E-state index is 0.153. The number of rotatable bonds is 0. The van der Waals surface area contributed by atoms with E-state index in [4.69, 9.17) is 15.2 Å². The minimum atomic E-state index is -1.38. The van der Waals surface area contributed by atoms with E-state index >= 15 is 0 Å². The van der Waals surface area contributed by atoms with Crippen molar-refractivity contribution in [2.24, 2.45) is 27.0 Å². The number of amidine groups is 1. The maximum Gasteiger partial charge on any atom is 0.293 e. The number of aliphatic imine (C=N–C) groups is 1. The maximum absolute atomic E-state index is 10.1. The Kier molecular flexibility index (Phi) is 2.55. The first-order valence-corrected chi connectivity index (χ1v) is 8.06. The van der Waals surface area contributed by atoms with Crippen LogP contribution in [0.2, 0.25) is 0 Å². The van der Waals surface area contributed by atoms with Crippen LogP contribution in [-0.2, 0) is 9.47 Å². The monoisotopic (exact) mass is 300 g/mol. The highest BCUT2D eigenvalue weighted by atomic mass is 16.8. The Morgan fingerprint density at radius 1 is 1.18 bits per heavy atom. The van der Waals surface area contributed by atoms with Gasteiger partial charge in [-0.15, -0.1) is 0 Å². The molecule has 0 unspecified atom stereocenters. The fourth-order valence-electron chi connectivity index (χ4n) is 5.41. The summed E-state index contributed by atoms with van der Waals surface area (Å²) in [5, 5.41) is 20.1. The molecular formula is C16H20N4O2. The van der Waals surface area contributed by atoms with Crippen LogP contribution in [0.15, 0.2) is 4.99 Å². The van der Waals surface area contributed by atoms with Crippen LogP contribution in [0.3, 0.4) is 0 Å². The Morgan fingerprint density at radius 2 is 1.86 bits per heavy atom. The van der Waals surface area contributed by atoms with E-state index in [0.717, 1.165) is 38.5 Å². The third-order valence-electron chi connectivity index (χ3n) is 6.23. The van der Waals surface area contributed by atoms with Crippen LogP contribution < -0.4 is 5.73 Å². The molecule has 6 nitrogen and oxygen atoms in total. The third-order valence-corrected chi connectivity index (χ3v) is 6.23. The van der Waals surface area contributed by atoms with Crippen LogP contribution in [-0.4, -0.2) is 24.5 Å². The zero-order chi connectivity index (χ0) is 15.6. The number of nitrogens with zero attached hydrogens (tertiary/aromatic N) is 3. The SMILES string of the molecule is C[C@@H]1CO[C@@]2(N=C(N)[C@@]3(C#N)C4(CCCCCC4)[C@@]23C#N)O1. The van der Waals surface area contributed by atoms with Crippen LogP contribution in [0.25, 0.3) is 0 Å². The van der Waals surface area contributed by atoms with E-state index in [2.05, 4.69) is 17.1 Å². The van der Waals surface area contributed by atoms with Gasteiger partial charge in [-0.1, -0.05) is 25.7 Å². The van der Waals surface area contributed by atoms with E-state index in [1.165, 1.54) is 0 Å². The second-order valence-corrected chi connectivity index (χ2v) is 7.04. The molecule has 6 heteroatoms. The predicted molar refractivity (Wildman–Crippen MR) is 77.1 cm³/mol. The van der Waals surface area contributed by atoms with E-state index in [1.807, 2.05) is 6.92 Å². The van der Waals surface area contributed by atoms with Crippen molar-refractivity contribution in [3.63, 3.8) is 0 Å². The fraction of sp³-hybridized carbons (Fsp3) is 0.812. The van der Waals surface area contributed by atoms with Gasteiger partial charge in [-0.25, -0.2) is 4.99 Å². The lowest BCUT2D eigenvalue weighted by atomic mass is 9.83. The smallest absolute Gasteiger partial charge is 0.293 e. The second kappa shape index (κ2) is 4.01. The average Bonchev–Trinajstić information content (AvgIpc) is 2.88. The molecule has 0 aromatic heterocycles. The first-order chi connectivity index (χ1) is 10.6. The van der Waals surface area contributed by atoms with Crippen LogP contribution in [0.4, 0.5) is 0 Å². The molecule has 116 valence electrons. The Bertz CT molecular complexity index is 640. The van der Waals surface area contributed by atoms with Crippen molar-refractivity contribution in [1.29, 1.82) is 10.5 Å². The molecule has 2 N–H and O–H groups in total. The van der Waals surface area contributed by atoms with Crippen molar-refractivity contribution >= 4 is 5.84 Å². The number of nitriles is 2. The molecule has 2 aliphatic heterocycles. The van der Waals surface area contributed by atoms with Crippen molar-refractivity contribution in [3.8, 4) is 12.1 Å². The first kappa shape index (κ1) is 14.0. The first-order valence-electron chi connectivity index (χ1n) is 8.06. The molecular weight excluding hydrogens is 280 g/mol. The zero-order valence-corrected chi connectivity index (χ0v) is 12.8. The molecule has 2 saturated carbocycles. The summed E-state index contributed by atoms with van der Waals surface area (Å²) < 4.78 is 11.8. The van der Waals surface area contributed by atoms with Crippen LogP contribution in [0.1, 0.15) is 45.4 Å². The molecule has 4 rings (SSSR count). The molecule has 2 aliphatic carbocycles. The quantitative estimate of drug-likeness (QED) is 0.734. The third kappa shape index (κ3) is 1.09. The molecule has 0 aromatic rings. The molecule has 0 bridgehead atoms. The summed E-state index contributed by atoms with van der Waals surface area (Å²) in [6.07, 6.45) is 5.75. The molecule has 2 spiro atoms. The van der Waals surface area contributed by atoms with Gasteiger partial charge in [-0.2, -0.15) is 10.5 Å². The number of hydrogen-bond acceptors (Lipinski definition) is 6. The molecule has 0 aromatic carbocycles. The lowest BCUT2D eigenvalue weighted by Gasteiger charge is -2.31. The Hall–Kier alpha value is -1.63. The summed E-state index contributed by atoms with van der Waals surface area (Å²) in [5.74, 6) is -1.15. The summed E-state index contributed by atoms with van der Waals surface area (Å²) in [7, 11) is 0. The normalized spacial score (nSPS) is 48.3. The maximum atomic E-state index is 10.1. The van der Waals surface area contributed by atoms with Gasteiger partial charge < -0.3 is 15.2 Å². The minimum Gasteiger partial charge on any atom is -0.386 e. The molecule has 1 saturated heterocycles. The number of ether oxygens (including phenoxy) is 2. The highest BCUT2D eigenvalue weighted by Gasteiger charge is 3.00. The van der Waals surface area contributed by atoms with Crippen molar-refractivity contribution in [1.82, 2.24) is 0 Å². The lowest BCUT2D eigenvalue weighted by molar-refractivity contribution is -0.201. The van der Waals surface area contributed by atoms with E-state index in [9.17, 15) is 10.5 Å². The predicted octanol–water partition coefficient (Wildman–Crippen LogP) is 1.82. The van der Waals surface area contributed by atoms with Gasteiger partial charge >= 0.3 is 0 Å². The van der Waals surface area contributed by atoms with Gasteiger partial charge in [0.25, 0.3) is 5.91 Å². The number of hydrogen-bond donors (Lipinski definition) is 1. The van der Waals surface area contributed by atoms with Crippen LogP contribution >= 0.6 is 0 Å². The molecule has 3 fully saturated rings. The largest absolute Gasteiger partial charge is 0.386 e. The van der Waals surface area contributed by atoms with Gasteiger partial charge in [0, 0.05) is 5.41 Å². The molecule has 4 aliphatic rings. The topological polar surface area (TPSA) is 104 Å². The summed E-state index contributed by atoms with van der Waals surface area (Å²) >= 11 is 0. The number of fused-ring (bicyclic) bond motifs is 4. The molecule has 0 amide bonds. The van der Waals surface area contributed by atoms with Gasteiger partial charge in [-0.3, -0.25) is 0 Å². The summed E-state index contributed by atoms with van der Waals surface area (Å²) in [6.45, 7) is 2.26. The van der Waals surface area contributed by atoms with Gasteiger partial charge in [0.15, 0.2) is 5.41 Å². The Balaban J connectivity index is 1.92. The van der Waals surface area contributed by atoms with Gasteiger partial charge in [0.05, 0.1) is 24.8 Å². The summed E-state index contributed by atoms with van der Waals surface area (Å²) in [5.41, 5.74) is 3.57. The van der Waals surface area contributed by atoms with E-state index in [1.54, 1.807) is 0 Å². The highest BCUT2D eigenvalue weighted by Crippen LogP contribution is 2.89. The standard InChI is InChI=1S/C16H20N4O2/c1-11-8-21-16(22-11)15(10-18)13(6-4-2-3-5-7-13)14(15,9-17)12(19)20-16/h11H,2-8H2,1H3,(H2,19,20)/t11-,14+,15-,16-/m1/s1. The van der Waals surface area contributed by atoms with E-state index in [0.29, 0.717) is 6.61 Å². The number of nitrogens with two attached hydrogens (primary N) is 1. The average molecular weight is 300 g/mol. The van der Waals surface area contributed by atoms with Crippen LogP contribution in [0.5, 0.6) is 0 Å². The summed E-state index contributed by atoms with van der Waals surface area (Å²) in [6, 6.07) is 4.78. The van der Waals surface area contributed by atoms with Crippen molar-refractivity contribution in [2.75, 3.05) is 6.61 Å². The van der Waals surface area contributed by atoms with Gasteiger partial charge in [0.1, 0.15) is 11.3 Å². The van der Waals surface area contributed by atoms with Gasteiger partial charge in [0.2, 0.25) is 0 Å². The Labute approximate surface area is 129 Å².